The predicted octanol–water partition coefficient (Wildman–Crippen LogP) is 6.48. The maximum absolute atomic E-state index is 13.5. The number of hydrogen-bond acceptors (Lipinski definition) is 22. The number of hydrogen-bond donors (Lipinski definition) is 7. The van der Waals surface area contributed by atoms with Crippen molar-refractivity contribution in [1.82, 2.24) is 25.3 Å². The first-order valence-corrected chi connectivity index (χ1v) is 36.6. The monoisotopic (exact) mass is 1570 g/mol. The van der Waals surface area contributed by atoms with E-state index in [-0.39, 0.29) is 70.3 Å². The van der Waals surface area contributed by atoms with E-state index in [2.05, 4.69) is 40.3 Å². The molecule has 6 aromatic carbocycles. The van der Waals surface area contributed by atoms with Crippen LogP contribution < -0.4 is 41.7 Å². The molecular formula is C81H95N11O22. The number of carbonyl (C=O) groups is 13. The Balaban J connectivity index is 0.000000189. The normalized spacial score (nSPS) is 17.9. The third kappa shape index (κ3) is 22.3. The van der Waals surface area contributed by atoms with Crippen LogP contribution in [0.15, 0.2) is 127 Å². The van der Waals surface area contributed by atoms with E-state index >= 15 is 0 Å². The van der Waals surface area contributed by atoms with E-state index < -0.39 is 107 Å². The van der Waals surface area contributed by atoms with Crippen molar-refractivity contribution in [2.24, 2.45) is 0 Å². The molecule has 3 saturated heterocycles. The van der Waals surface area contributed by atoms with Gasteiger partial charge >= 0.3 is 30.1 Å². The van der Waals surface area contributed by atoms with E-state index in [4.69, 9.17) is 38.9 Å². The molecule has 6 heterocycles. The SMILES string of the molecule is CC(=O)O[C@@H](C(=O)Nc1ccc(CNC(=O)OC(C)(C)C)cc1)[C@H]1OCCN(c2ccc3c(c2)CN(C)C3=O)C1=O.CC(=O)O[C@@H](C(=O)O)[C@H]1OCCN(c2ccc3c(c2)CN(C)C3=O)C1=O.CCc1ccc(N)cc1.CN1Cc2cc(N3CCO[C@H]([C@@H](O)C(=O)Nc4ccc(CNC(=O)OC(C)(C)C)cc4)C3=O)ccc2C1=O. The number of fused-ring (bicyclic) bond motifs is 3. The van der Waals surface area contributed by atoms with Gasteiger partial charge in [-0.3, -0.25) is 47.9 Å². The number of amides is 10. The van der Waals surface area contributed by atoms with Crippen LogP contribution in [0.2, 0.25) is 0 Å². The molecule has 606 valence electrons. The van der Waals surface area contributed by atoms with Crippen LogP contribution in [0.5, 0.6) is 0 Å². The number of nitrogens with zero attached hydrogens (tertiary/aromatic N) is 6. The fourth-order valence-electron chi connectivity index (χ4n) is 12.7. The van der Waals surface area contributed by atoms with Crippen molar-refractivity contribution < 1.29 is 106 Å². The first kappa shape index (κ1) is 85.7. The molecular weight excluding hydrogens is 1480 g/mol. The van der Waals surface area contributed by atoms with Gasteiger partial charge in [-0.25, -0.2) is 14.4 Å². The van der Waals surface area contributed by atoms with E-state index in [0.717, 1.165) is 53.8 Å². The zero-order chi connectivity index (χ0) is 83.2. The number of anilines is 6. The lowest BCUT2D eigenvalue weighted by Crippen LogP contribution is -2.56. The number of aliphatic hydroxyl groups excluding tert-OH is 1. The topological polar surface area (TPSA) is 421 Å². The quantitative estimate of drug-likeness (QED) is 0.0275. The van der Waals surface area contributed by atoms with E-state index in [1.807, 2.05) is 12.1 Å². The molecule has 6 aliphatic rings. The zero-order valence-corrected chi connectivity index (χ0v) is 65.4. The van der Waals surface area contributed by atoms with E-state index in [1.54, 1.807) is 181 Å². The highest BCUT2D eigenvalue weighted by Gasteiger charge is 2.46. The summed E-state index contributed by atoms with van der Waals surface area (Å²) in [6.07, 6.45) is -9.18. The highest BCUT2D eigenvalue weighted by atomic mass is 16.6. The summed E-state index contributed by atoms with van der Waals surface area (Å²) in [6, 6.07) is 36.6. The number of carboxylic acid groups (broad SMARTS) is 1. The molecule has 33 heteroatoms. The molecule has 0 saturated carbocycles. The summed E-state index contributed by atoms with van der Waals surface area (Å²) in [5.74, 6) is -6.48. The molecule has 0 aliphatic carbocycles. The lowest BCUT2D eigenvalue weighted by atomic mass is 10.1. The lowest BCUT2D eigenvalue weighted by molar-refractivity contribution is -0.177. The lowest BCUT2D eigenvalue weighted by Gasteiger charge is -2.35. The molecule has 6 atom stereocenters. The Morgan fingerprint density at radius 2 is 0.816 bits per heavy atom. The highest BCUT2D eigenvalue weighted by molar-refractivity contribution is 6.07. The third-order valence-corrected chi connectivity index (χ3v) is 18.2. The van der Waals surface area contributed by atoms with Gasteiger partial charge in [0, 0.05) is 138 Å². The van der Waals surface area contributed by atoms with Gasteiger partial charge in [-0.15, -0.1) is 0 Å². The summed E-state index contributed by atoms with van der Waals surface area (Å²) >= 11 is 0. The molecule has 0 radical (unpaired) electrons. The number of rotatable bonds is 18. The van der Waals surface area contributed by atoms with Crippen molar-refractivity contribution in [2.45, 2.75) is 149 Å². The summed E-state index contributed by atoms with van der Waals surface area (Å²) in [7, 11) is 5.10. The number of aliphatic carboxylic acids is 1. The summed E-state index contributed by atoms with van der Waals surface area (Å²) in [5, 5.41) is 30.5. The molecule has 0 unspecified atom stereocenters. The molecule has 114 heavy (non-hydrogen) atoms. The molecule has 6 aliphatic heterocycles. The predicted molar refractivity (Wildman–Crippen MR) is 414 cm³/mol. The smallest absolute Gasteiger partial charge is 0.407 e. The molecule has 0 spiro atoms. The Morgan fingerprint density at radius 3 is 1.17 bits per heavy atom. The Kier molecular flexibility index (Phi) is 28.1. The minimum atomic E-state index is -1.74. The van der Waals surface area contributed by atoms with Gasteiger partial charge in [0.05, 0.1) is 19.8 Å². The van der Waals surface area contributed by atoms with Gasteiger partial charge in [-0.05, 0) is 172 Å². The number of morpholine rings is 3. The molecule has 8 N–H and O–H groups in total. The zero-order valence-electron chi connectivity index (χ0n) is 65.4. The van der Waals surface area contributed by atoms with Gasteiger partial charge in [0.2, 0.25) is 12.2 Å². The summed E-state index contributed by atoms with van der Waals surface area (Å²) in [5.41, 5.74) is 14.6. The van der Waals surface area contributed by atoms with Gasteiger partial charge in [0.25, 0.3) is 47.3 Å². The second kappa shape index (κ2) is 37.3. The number of ether oxygens (including phenoxy) is 7. The van der Waals surface area contributed by atoms with Crippen LogP contribution in [-0.2, 0) is 111 Å². The van der Waals surface area contributed by atoms with Gasteiger partial charge in [-0.1, -0.05) is 43.3 Å². The number of carboxylic acids is 1. The molecule has 12 rings (SSSR count). The average Bonchev–Trinajstić information content (AvgIpc) is 1.33. The number of esters is 2. The van der Waals surface area contributed by atoms with Crippen molar-refractivity contribution in [3.63, 3.8) is 0 Å². The van der Waals surface area contributed by atoms with Crippen molar-refractivity contribution in [3.05, 3.63) is 177 Å². The van der Waals surface area contributed by atoms with Gasteiger partial charge in [-0.2, -0.15) is 0 Å². The summed E-state index contributed by atoms with van der Waals surface area (Å²) in [4.78, 5) is 169. The van der Waals surface area contributed by atoms with Crippen LogP contribution in [0.3, 0.4) is 0 Å². The first-order valence-electron chi connectivity index (χ1n) is 36.6. The Hall–Kier alpha value is -12.3. The van der Waals surface area contributed by atoms with Crippen LogP contribution >= 0.6 is 0 Å². The number of nitrogen functional groups attached to an aromatic ring is 1. The largest absolute Gasteiger partial charge is 0.478 e. The second-order valence-corrected chi connectivity index (χ2v) is 29.4. The Labute approximate surface area is 658 Å². The van der Waals surface area contributed by atoms with Gasteiger partial charge < -0.3 is 99.8 Å². The van der Waals surface area contributed by atoms with E-state index in [1.165, 1.54) is 20.3 Å². The highest BCUT2D eigenvalue weighted by Crippen LogP contribution is 2.33. The molecule has 0 aromatic heterocycles. The fourth-order valence-corrected chi connectivity index (χ4v) is 12.7. The number of nitrogens with two attached hydrogens (primary N) is 1. The third-order valence-electron chi connectivity index (χ3n) is 18.2. The number of benzene rings is 6. The second-order valence-electron chi connectivity index (χ2n) is 29.4. The standard InChI is InChI=1S/C29H34N4O8.C27H32N4O7.C17H18N2O7.C8H11N/c1-17(34)40-23(25(35)31-20-8-6-18(7-9-20)15-30-28(38)41-29(2,3)4)24-27(37)33(12-13-39-24)21-10-11-22-19(14-21)16-32(5)26(22)36;1-27(2,3)38-26(36)28-14-16-5-7-18(8-6-16)29-23(33)21(32)22-25(35)31(11-12-37-22)19-9-10-20-17(13-19)15-30(4)24(20)34;1-9(20)26-14(17(23)24)13-16(22)19(5-6-25-13)11-3-4-12-10(7-11)8-18(2)15(12)21;1-2-7-3-5-8(9)6-4-7/h6-11,14,23-24H,12-13,15-16H2,1-5H3,(H,30,38)(H,31,35);5-10,13,21-22,32H,11-12,14-15H2,1-4H3,(H,28,36)(H,29,33);3-4,7,13-14H,5-6,8H2,1-2H3,(H,23,24);3-6H,2,9H2,1H3/t23-,24-;21-,22-;13-,14-;/m111./s1. The Morgan fingerprint density at radius 1 is 0.482 bits per heavy atom. The van der Waals surface area contributed by atoms with Crippen LogP contribution in [0.25, 0.3) is 0 Å². The van der Waals surface area contributed by atoms with E-state index in [9.17, 15) is 72.5 Å². The molecule has 33 nitrogen and oxygen atoms in total. The van der Waals surface area contributed by atoms with Crippen LogP contribution in [0.1, 0.15) is 127 Å². The minimum absolute atomic E-state index is 0.0721. The molecule has 10 amide bonds. The maximum atomic E-state index is 13.5. The maximum Gasteiger partial charge on any atom is 0.407 e. The molecule has 3 fully saturated rings. The van der Waals surface area contributed by atoms with Crippen molar-refractivity contribution in [2.75, 3.05) is 91.7 Å². The van der Waals surface area contributed by atoms with Gasteiger partial charge in [0.1, 0.15) is 11.2 Å². The number of carbonyl (C=O) groups excluding carboxylic acids is 12. The number of aryl methyl sites for hydroxylation is 1. The first-order chi connectivity index (χ1) is 53.9. The van der Waals surface area contributed by atoms with Crippen LogP contribution in [0.4, 0.5) is 43.7 Å². The average molecular weight is 1570 g/mol. The summed E-state index contributed by atoms with van der Waals surface area (Å²) in [6.45, 7) is 17.8. The number of alkyl carbamates (subject to hydrolysis) is 2. The Bertz CT molecular complexity index is 4620. The summed E-state index contributed by atoms with van der Waals surface area (Å²) < 4.78 is 36.9. The van der Waals surface area contributed by atoms with Crippen LogP contribution in [0, 0.1) is 0 Å². The van der Waals surface area contributed by atoms with Crippen LogP contribution in [-0.4, -0.2) is 211 Å². The molecule has 0 bridgehead atoms. The van der Waals surface area contributed by atoms with Gasteiger partial charge in [0.15, 0.2) is 24.4 Å². The minimum Gasteiger partial charge on any atom is -0.478 e. The number of aliphatic hydroxyl groups is 1. The molecule has 6 aromatic rings. The van der Waals surface area contributed by atoms with Crippen molar-refractivity contribution in [1.29, 1.82) is 0 Å². The van der Waals surface area contributed by atoms with E-state index in [0.29, 0.717) is 64.8 Å². The van der Waals surface area contributed by atoms with Crippen molar-refractivity contribution >= 4 is 111 Å². The van der Waals surface area contributed by atoms with Crippen molar-refractivity contribution in [3.8, 4) is 0 Å². The fraction of sp³-hybridized carbons (Fsp3) is 0.395. The number of nitrogens with one attached hydrogen (secondary N) is 4.